The molecule has 3 aliphatic heterocycles. The van der Waals surface area contributed by atoms with E-state index in [2.05, 4.69) is 10.2 Å². The molecular formula is C21H32N2O4. The lowest BCUT2D eigenvalue weighted by molar-refractivity contribution is -0.713. The molecule has 8 unspecified atom stereocenters. The van der Waals surface area contributed by atoms with Gasteiger partial charge >= 0.3 is 0 Å². The Morgan fingerprint density at radius 1 is 1.15 bits per heavy atom. The van der Waals surface area contributed by atoms with Crippen molar-refractivity contribution < 1.29 is 24.7 Å². The molecule has 3 saturated heterocycles. The lowest BCUT2D eigenvalue weighted by Gasteiger charge is -2.50. The Morgan fingerprint density at radius 3 is 2.78 bits per heavy atom. The van der Waals surface area contributed by atoms with Gasteiger partial charge in [-0.25, -0.2) is 0 Å². The molecule has 6 nitrogen and oxygen atoms in total. The van der Waals surface area contributed by atoms with Crippen LogP contribution in [0.25, 0.3) is 0 Å². The molecule has 1 amide bonds. The quantitative estimate of drug-likeness (QED) is 0.730. The van der Waals surface area contributed by atoms with Gasteiger partial charge in [0.25, 0.3) is 0 Å². The van der Waals surface area contributed by atoms with Crippen LogP contribution in [0.15, 0.2) is 0 Å². The second-order valence-electron chi connectivity index (χ2n) is 9.61. The number of carboxylic acid groups (broad SMARTS) is 1. The second kappa shape index (κ2) is 6.73. The van der Waals surface area contributed by atoms with Crippen LogP contribution in [0.2, 0.25) is 0 Å². The number of amides is 1. The van der Waals surface area contributed by atoms with Gasteiger partial charge in [-0.3, -0.25) is 4.79 Å². The molecule has 2 saturated carbocycles. The number of quaternary nitrogens is 1. The van der Waals surface area contributed by atoms with Crippen LogP contribution in [0.5, 0.6) is 0 Å². The molecule has 5 rings (SSSR count). The van der Waals surface area contributed by atoms with Crippen LogP contribution in [0.4, 0.5) is 0 Å². The number of hydrogen-bond donors (Lipinski definition) is 1. The second-order valence-corrected chi connectivity index (χ2v) is 9.61. The monoisotopic (exact) mass is 376 g/mol. The van der Waals surface area contributed by atoms with E-state index in [-0.39, 0.29) is 12.0 Å². The largest absolute Gasteiger partial charge is 0.547 e. The summed E-state index contributed by atoms with van der Waals surface area (Å²) < 4.78 is 5.80. The zero-order valence-electron chi connectivity index (χ0n) is 16.2. The van der Waals surface area contributed by atoms with Crippen LogP contribution >= 0.6 is 0 Å². The summed E-state index contributed by atoms with van der Waals surface area (Å²) in [6.45, 7) is 2.74. The summed E-state index contributed by atoms with van der Waals surface area (Å²) in [6.07, 6.45) is 7.79. The fourth-order valence-electron chi connectivity index (χ4n) is 7.44. The van der Waals surface area contributed by atoms with Crippen molar-refractivity contribution >= 4 is 11.9 Å². The van der Waals surface area contributed by atoms with Crippen LogP contribution in [-0.4, -0.2) is 53.7 Å². The van der Waals surface area contributed by atoms with Crippen LogP contribution in [-0.2, 0) is 14.3 Å². The van der Waals surface area contributed by atoms with Gasteiger partial charge in [-0.1, -0.05) is 12.8 Å². The first-order valence-corrected chi connectivity index (χ1v) is 11.1. The molecule has 9 atom stereocenters. The number of ether oxygens (including phenoxy) is 1. The summed E-state index contributed by atoms with van der Waals surface area (Å²) in [5.74, 6) is 1.18. The molecular weight excluding hydrogens is 344 g/mol. The highest BCUT2D eigenvalue weighted by Gasteiger charge is 2.63. The summed E-state index contributed by atoms with van der Waals surface area (Å²) in [4.78, 5) is 26.9. The maximum absolute atomic E-state index is 13.5. The van der Waals surface area contributed by atoms with Gasteiger partial charge in [-0.15, -0.1) is 0 Å². The van der Waals surface area contributed by atoms with E-state index in [1.54, 1.807) is 6.92 Å². The van der Waals surface area contributed by atoms with Gasteiger partial charge in [-0.2, -0.15) is 0 Å². The summed E-state index contributed by atoms with van der Waals surface area (Å²) in [5, 5.41) is 13.6. The Hall–Kier alpha value is -1.14. The molecule has 0 aromatic carbocycles. The van der Waals surface area contributed by atoms with E-state index in [4.69, 9.17) is 4.74 Å². The number of carboxylic acids is 1. The number of hydrogen-bond acceptors (Lipinski definition) is 4. The number of nitrogens with two attached hydrogens (primary N) is 1. The van der Waals surface area contributed by atoms with Crippen molar-refractivity contribution in [1.29, 1.82) is 0 Å². The molecule has 0 aromatic rings. The van der Waals surface area contributed by atoms with Gasteiger partial charge in [0.05, 0.1) is 30.8 Å². The van der Waals surface area contributed by atoms with E-state index in [0.717, 1.165) is 25.7 Å². The minimum Gasteiger partial charge on any atom is -0.547 e. The van der Waals surface area contributed by atoms with E-state index in [1.165, 1.54) is 32.2 Å². The molecule has 0 bridgehead atoms. The number of carbonyl (C=O) groups is 2. The number of rotatable bonds is 3. The van der Waals surface area contributed by atoms with Gasteiger partial charge in [0, 0.05) is 24.3 Å². The van der Waals surface area contributed by atoms with Gasteiger partial charge in [0.1, 0.15) is 6.04 Å². The van der Waals surface area contributed by atoms with Crippen molar-refractivity contribution in [2.45, 2.75) is 88.6 Å². The first kappa shape index (κ1) is 17.9. The average molecular weight is 376 g/mol. The van der Waals surface area contributed by atoms with Gasteiger partial charge < -0.3 is 24.9 Å². The molecule has 3 heterocycles. The van der Waals surface area contributed by atoms with Crippen LogP contribution in [0.1, 0.15) is 58.3 Å². The van der Waals surface area contributed by atoms with Crippen molar-refractivity contribution in [1.82, 2.24) is 4.90 Å². The van der Waals surface area contributed by atoms with Crippen molar-refractivity contribution in [3.63, 3.8) is 0 Å². The Balaban J connectivity index is 1.40. The molecule has 0 spiro atoms. The SMILES string of the molecule is C[C@@H](OC1CCC2C(C1)C1CC[NH2+]C3C4CCCCC4C(=O)N2C13)C(=O)[O-]. The number of piperidine rings is 2. The van der Waals surface area contributed by atoms with E-state index < -0.39 is 12.1 Å². The third kappa shape index (κ3) is 2.74. The molecule has 2 N–H and O–H groups in total. The molecule has 0 aromatic heterocycles. The molecule has 5 aliphatic rings. The van der Waals surface area contributed by atoms with Crippen LogP contribution in [0.3, 0.4) is 0 Å². The maximum atomic E-state index is 13.5. The molecule has 6 heteroatoms. The summed E-state index contributed by atoms with van der Waals surface area (Å²) in [5.41, 5.74) is 0. The Morgan fingerprint density at radius 2 is 1.96 bits per heavy atom. The smallest absolute Gasteiger partial charge is 0.226 e. The van der Waals surface area contributed by atoms with Gasteiger partial charge in [0.15, 0.2) is 0 Å². The van der Waals surface area contributed by atoms with Gasteiger partial charge in [-0.05, 0) is 50.9 Å². The van der Waals surface area contributed by atoms with Crippen LogP contribution in [0, 0.1) is 23.7 Å². The van der Waals surface area contributed by atoms with Gasteiger partial charge in [0.2, 0.25) is 5.91 Å². The summed E-state index contributed by atoms with van der Waals surface area (Å²) in [6, 6.07) is 1.33. The highest BCUT2D eigenvalue weighted by Crippen LogP contribution is 2.52. The number of aliphatic carboxylic acids is 1. The fraction of sp³-hybridized carbons (Fsp3) is 0.905. The van der Waals surface area contributed by atoms with Crippen molar-refractivity contribution in [3.8, 4) is 0 Å². The number of fused-ring (bicyclic) bond motifs is 5. The third-order valence-corrected chi connectivity index (χ3v) is 8.43. The lowest BCUT2D eigenvalue weighted by atomic mass is 9.66. The fourth-order valence-corrected chi connectivity index (χ4v) is 7.44. The Kier molecular flexibility index (Phi) is 4.47. The molecule has 150 valence electrons. The van der Waals surface area contributed by atoms with E-state index in [9.17, 15) is 14.7 Å². The molecule has 27 heavy (non-hydrogen) atoms. The predicted octanol–water partition coefficient (Wildman–Crippen LogP) is -0.339. The lowest BCUT2D eigenvalue weighted by Crippen LogP contribution is -2.98. The minimum absolute atomic E-state index is 0.0118. The molecule has 5 fully saturated rings. The topological polar surface area (TPSA) is 86.3 Å². The molecule has 0 radical (unpaired) electrons. The standard InChI is InChI=1S/C21H32N2O4/c1-11(21(25)26)27-12-6-7-17-16(10-12)14-8-9-22-18-13-4-2-3-5-15(13)20(24)23(17)19(14)18/h11-19,22H,2-10H2,1H3,(H,25,26)/t11-,12?,13?,14?,15?,16?,17?,18?,19?/m1/s1. The molecule has 2 aliphatic carbocycles. The Bertz CT molecular complexity index is 625. The maximum Gasteiger partial charge on any atom is 0.226 e. The van der Waals surface area contributed by atoms with Crippen LogP contribution < -0.4 is 10.4 Å². The average Bonchev–Trinajstić information content (AvgIpc) is 3.01. The third-order valence-electron chi connectivity index (χ3n) is 8.43. The first-order valence-electron chi connectivity index (χ1n) is 11.1. The zero-order chi connectivity index (χ0) is 18.7. The summed E-state index contributed by atoms with van der Waals surface area (Å²) >= 11 is 0. The van der Waals surface area contributed by atoms with Crippen molar-refractivity contribution in [2.24, 2.45) is 23.7 Å². The highest BCUT2D eigenvalue weighted by molar-refractivity contribution is 5.82. The summed E-state index contributed by atoms with van der Waals surface area (Å²) in [7, 11) is 0. The highest BCUT2D eigenvalue weighted by atomic mass is 16.5. The normalized spacial score (nSPS) is 47.0. The predicted molar refractivity (Wildman–Crippen MR) is 95.2 cm³/mol. The van der Waals surface area contributed by atoms with E-state index in [0.29, 0.717) is 41.8 Å². The van der Waals surface area contributed by atoms with E-state index >= 15 is 0 Å². The number of carbonyl (C=O) groups excluding carboxylic acids is 2. The van der Waals surface area contributed by atoms with Crippen molar-refractivity contribution in [2.75, 3.05) is 6.54 Å². The zero-order valence-corrected chi connectivity index (χ0v) is 16.2. The van der Waals surface area contributed by atoms with E-state index in [1.807, 2.05) is 0 Å². The van der Waals surface area contributed by atoms with Crippen molar-refractivity contribution in [3.05, 3.63) is 0 Å². The first-order chi connectivity index (χ1) is 13.1. The number of nitrogens with zero attached hydrogens (tertiary/aromatic N) is 1. The minimum atomic E-state index is -1.13. The Labute approximate surface area is 161 Å².